The van der Waals surface area contributed by atoms with Crippen LogP contribution in [0.5, 0.6) is 0 Å². The molecule has 54 valence electrons. The highest BCUT2D eigenvalue weighted by Crippen LogP contribution is 2.25. The topological polar surface area (TPSA) is 0 Å². The van der Waals surface area contributed by atoms with Gasteiger partial charge in [-0.05, 0) is 40.5 Å². The van der Waals surface area contributed by atoms with Crippen LogP contribution < -0.4 is 0 Å². The fraction of sp³-hybridized carbons (Fsp3) is 0.143. The fourth-order valence-corrected chi connectivity index (χ4v) is 1.25. The van der Waals surface area contributed by atoms with Crippen molar-refractivity contribution in [1.82, 2.24) is 0 Å². The normalized spacial score (nSPS) is 10.0. The molecule has 0 aromatic heterocycles. The van der Waals surface area contributed by atoms with Crippen molar-refractivity contribution < 1.29 is 4.39 Å². The van der Waals surface area contributed by atoms with E-state index < -0.39 is 0 Å². The second-order valence-corrected chi connectivity index (χ2v) is 3.30. The van der Waals surface area contributed by atoms with E-state index in [1.165, 1.54) is 6.07 Å². The van der Waals surface area contributed by atoms with Gasteiger partial charge in [0.25, 0.3) is 0 Å². The monoisotopic (exact) mass is 220 g/mol. The quantitative estimate of drug-likeness (QED) is 0.639. The molecule has 0 aliphatic rings. The van der Waals surface area contributed by atoms with E-state index in [0.29, 0.717) is 10.5 Å². The first kappa shape index (κ1) is 8.08. The molecule has 1 aromatic carbocycles. The Labute approximate surface area is 73.0 Å². The first-order valence-corrected chi connectivity index (χ1v) is 4.00. The Balaban J connectivity index is 3.34. The minimum Gasteiger partial charge on any atom is -0.207 e. The lowest BCUT2D eigenvalue weighted by molar-refractivity contribution is 0.613. The van der Waals surface area contributed by atoms with Crippen LogP contribution in [0.15, 0.2) is 21.5 Å². The van der Waals surface area contributed by atoms with Crippen molar-refractivity contribution >= 4 is 28.6 Å². The highest BCUT2D eigenvalue weighted by molar-refractivity contribution is 9.10. The molecule has 0 aliphatic heterocycles. The molecule has 0 unspecified atom stereocenters. The summed E-state index contributed by atoms with van der Waals surface area (Å²) in [5, 5.41) is 0. The molecule has 0 N–H and O–H groups in total. The minimum atomic E-state index is -0.215. The highest BCUT2D eigenvalue weighted by atomic mass is 79.9. The number of halogens is 2. The van der Waals surface area contributed by atoms with E-state index in [2.05, 4.69) is 28.6 Å². The van der Waals surface area contributed by atoms with Crippen LogP contribution in [0.2, 0.25) is 0 Å². The van der Waals surface area contributed by atoms with E-state index in [1.54, 1.807) is 13.0 Å². The van der Waals surface area contributed by atoms with E-state index in [4.69, 9.17) is 0 Å². The predicted molar refractivity (Wildman–Crippen MR) is 46.1 cm³/mol. The zero-order chi connectivity index (χ0) is 7.72. The minimum absolute atomic E-state index is 0.215. The van der Waals surface area contributed by atoms with E-state index >= 15 is 0 Å². The van der Waals surface area contributed by atoms with E-state index in [1.807, 2.05) is 0 Å². The largest absolute Gasteiger partial charge is 0.207 e. The molecule has 0 saturated heterocycles. The maximum absolute atomic E-state index is 12.7. The Morgan fingerprint density at radius 3 is 2.60 bits per heavy atom. The maximum Gasteiger partial charge on any atom is 0.127 e. The Kier molecular flexibility index (Phi) is 2.36. The standard InChI is InChI=1S/C7H6BrFS/c1-4-6(9)3-2-5(8)7(4)10/h2-3,10H,1H3. The number of thiol groups is 1. The van der Waals surface area contributed by atoms with Gasteiger partial charge in [-0.25, -0.2) is 4.39 Å². The summed E-state index contributed by atoms with van der Waals surface area (Å²) in [5.41, 5.74) is 0.581. The summed E-state index contributed by atoms with van der Waals surface area (Å²) in [6, 6.07) is 3.06. The van der Waals surface area contributed by atoms with Crippen molar-refractivity contribution in [3.05, 3.63) is 28.0 Å². The van der Waals surface area contributed by atoms with Gasteiger partial charge in [0.05, 0.1) is 0 Å². The summed E-state index contributed by atoms with van der Waals surface area (Å²) in [5.74, 6) is -0.215. The first-order chi connectivity index (χ1) is 4.63. The highest BCUT2D eigenvalue weighted by Gasteiger charge is 2.02. The van der Waals surface area contributed by atoms with Crippen molar-refractivity contribution in [2.75, 3.05) is 0 Å². The molecule has 10 heavy (non-hydrogen) atoms. The van der Waals surface area contributed by atoms with Crippen LogP contribution in [-0.4, -0.2) is 0 Å². The van der Waals surface area contributed by atoms with Crippen LogP contribution in [-0.2, 0) is 0 Å². The molecule has 0 atom stereocenters. The zero-order valence-corrected chi connectivity index (χ0v) is 7.84. The molecule has 0 heterocycles. The third-order valence-electron chi connectivity index (χ3n) is 1.32. The summed E-state index contributed by atoms with van der Waals surface area (Å²) in [7, 11) is 0. The summed E-state index contributed by atoms with van der Waals surface area (Å²) >= 11 is 7.33. The molecular weight excluding hydrogens is 215 g/mol. The second kappa shape index (κ2) is 2.93. The fourth-order valence-electron chi connectivity index (χ4n) is 0.642. The van der Waals surface area contributed by atoms with Gasteiger partial charge >= 0.3 is 0 Å². The number of rotatable bonds is 0. The van der Waals surface area contributed by atoms with Crippen molar-refractivity contribution in [3.8, 4) is 0 Å². The van der Waals surface area contributed by atoms with Gasteiger partial charge in [0, 0.05) is 9.37 Å². The van der Waals surface area contributed by atoms with Gasteiger partial charge < -0.3 is 0 Å². The van der Waals surface area contributed by atoms with E-state index in [0.717, 1.165) is 4.47 Å². The van der Waals surface area contributed by atoms with Gasteiger partial charge in [-0.1, -0.05) is 0 Å². The molecule has 0 bridgehead atoms. The van der Waals surface area contributed by atoms with Crippen LogP contribution in [0.25, 0.3) is 0 Å². The van der Waals surface area contributed by atoms with Crippen molar-refractivity contribution in [1.29, 1.82) is 0 Å². The lowest BCUT2D eigenvalue weighted by Gasteiger charge is -2.01. The van der Waals surface area contributed by atoms with Crippen LogP contribution in [0.3, 0.4) is 0 Å². The molecule has 0 fully saturated rings. The first-order valence-electron chi connectivity index (χ1n) is 2.76. The Morgan fingerprint density at radius 2 is 2.10 bits per heavy atom. The molecular formula is C7H6BrFS. The van der Waals surface area contributed by atoms with Gasteiger partial charge in [-0.3, -0.25) is 0 Å². The number of hydrogen-bond acceptors (Lipinski definition) is 1. The molecule has 3 heteroatoms. The van der Waals surface area contributed by atoms with Crippen LogP contribution in [0, 0.1) is 12.7 Å². The second-order valence-electron chi connectivity index (χ2n) is 2.00. The SMILES string of the molecule is Cc1c(F)ccc(Br)c1S. The van der Waals surface area contributed by atoms with Gasteiger partial charge in [-0.15, -0.1) is 12.6 Å². The molecule has 0 nitrogen and oxygen atoms in total. The van der Waals surface area contributed by atoms with Crippen LogP contribution >= 0.6 is 28.6 Å². The van der Waals surface area contributed by atoms with Gasteiger partial charge in [-0.2, -0.15) is 0 Å². The summed E-state index contributed by atoms with van der Waals surface area (Å²) in [6.45, 7) is 1.70. The Bertz CT molecular complexity index is 233. The molecule has 1 aromatic rings. The van der Waals surface area contributed by atoms with Crippen molar-refractivity contribution in [2.45, 2.75) is 11.8 Å². The summed E-state index contributed by atoms with van der Waals surface area (Å²) < 4.78 is 13.5. The average Bonchev–Trinajstić information content (AvgIpc) is 1.93. The lowest BCUT2D eigenvalue weighted by atomic mass is 10.2. The smallest absolute Gasteiger partial charge is 0.127 e. The van der Waals surface area contributed by atoms with Crippen molar-refractivity contribution in [2.24, 2.45) is 0 Å². The lowest BCUT2D eigenvalue weighted by Crippen LogP contribution is -1.83. The van der Waals surface area contributed by atoms with Crippen LogP contribution in [0.4, 0.5) is 4.39 Å². The zero-order valence-electron chi connectivity index (χ0n) is 5.36. The summed E-state index contributed by atoms with van der Waals surface area (Å²) in [4.78, 5) is 0.667. The number of benzene rings is 1. The van der Waals surface area contributed by atoms with Crippen molar-refractivity contribution in [3.63, 3.8) is 0 Å². The Hall–Kier alpha value is -0.0200. The maximum atomic E-state index is 12.7. The van der Waals surface area contributed by atoms with Gasteiger partial charge in [0.1, 0.15) is 5.82 Å². The average molecular weight is 221 g/mol. The third kappa shape index (κ3) is 1.35. The molecule has 0 amide bonds. The molecule has 0 radical (unpaired) electrons. The van der Waals surface area contributed by atoms with Gasteiger partial charge in [0.15, 0.2) is 0 Å². The van der Waals surface area contributed by atoms with Crippen LogP contribution in [0.1, 0.15) is 5.56 Å². The molecule has 1 rings (SSSR count). The number of hydrogen-bond donors (Lipinski definition) is 1. The van der Waals surface area contributed by atoms with Gasteiger partial charge in [0.2, 0.25) is 0 Å². The molecule has 0 aliphatic carbocycles. The summed E-state index contributed by atoms with van der Waals surface area (Å²) in [6.07, 6.45) is 0. The van der Waals surface area contributed by atoms with E-state index in [-0.39, 0.29) is 5.82 Å². The van der Waals surface area contributed by atoms with E-state index in [9.17, 15) is 4.39 Å². The molecule has 0 saturated carbocycles. The molecule has 0 spiro atoms. The Morgan fingerprint density at radius 1 is 1.50 bits per heavy atom. The third-order valence-corrected chi connectivity index (χ3v) is 2.86. The predicted octanol–water partition coefficient (Wildman–Crippen LogP) is 3.19.